The molecule has 7 nitrogen and oxygen atoms in total. The van der Waals surface area contributed by atoms with Crippen LogP contribution in [0.4, 0.5) is 11.4 Å². The second-order valence-electron chi connectivity index (χ2n) is 8.77. The SMILES string of the molecule is Cc1ccc(C)c2c1C(=O)C(=O)N2CC(=O)N(Cc1cccc(Cl)c1)c1ccc(-c2cnc[nH]2)cc1. The third-order valence-electron chi connectivity index (χ3n) is 6.34. The molecule has 0 aliphatic carbocycles. The number of aryl methyl sites for hydroxylation is 2. The number of Topliss-reactive ketones (excluding diaryl/α,β-unsaturated/α-hetero) is 1. The molecule has 180 valence electrons. The van der Waals surface area contributed by atoms with Crippen molar-refractivity contribution >= 4 is 40.6 Å². The number of ketones is 1. The van der Waals surface area contributed by atoms with E-state index in [1.165, 1.54) is 4.90 Å². The van der Waals surface area contributed by atoms with Crippen LogP contribution in [-0.2, 0) is 16.1 Å². The quantitative estimate of drug-likeness (QED) is 0.374. The molecule has 0 saturated heterocycles. The van der Waals surface area contributed by atoms with Crippen LogP contribution in [-0.4, -0.2) is 34.1 Å². The largest absolute Gasteiger partial charge is 0.345 e. The Labute approximate surface area is 213 Å². The molecule has 8 heteroatoms. The minimum Gasteiger partial charge on any atom is -0.345 e. The van der Waals surface area contributed by atoms with Crippen LogP contribution >= 0.6 is 11.6 Å². The van der Waals surface area contributed by atoms with Gasteiger partial charge in [-0.15, -0.1) is 0 Å². The molecule has 36 heavy (non-hydrogen) atoms. The van der Waals surface area contributed by atoms with Gasteiger partial charge in [0.25, 0.3) is 11.7 Å². The van der Waals surface area contributed by atoms with Gasteiger partial charge in [-0.1, -0.05) is 48.0 Å². The molecule has 0 atom stereocenters. The maximum absolute atomic E-state index is 13.7. The Kier molecular flexibility index (Phi) is 6.16. The van der Waals surface area contributed by atoms with Crippen LogP contribution in [0.25, 0.3) is 11.3 Å². The molecule has 0 fully saturated rings. The summed E-state index contributed by atoms with van der Waals surface area (Å²) in [4.78, 5) is 49.4. The Morgan fingerprint density at radius 2 is 1.78 bits per heavy atom. The summed E-state index contributed by atoms with van der Waals surface area (Å²) < 4.78 is 0. The lowest BCUT2D eigenvalue weighted by atomic mass is 10.0. The minimum absolute atomic E-state index is 0.248. The van der Waals surface area contributed by atoms with E-state index in [0.29, 0.717) is 27.5 Å². The lowest BCUT2D eigenvalue weighted by molar-refractivity contribution is -0.120. The number of hydrogen-bond acceptors (Lipinski definition) is 4. The summed E-state index contributed by atoms with van der Waals surface area (Å²) in [5.41, 5.74) is 5.65. The molecule has 0 bridgehead atoms. The summed E-state index contributed by atoms with van der Waals surface area (Å²) in [5.74, 6) is -1.59. The van der Waals surface area contributed by atoms with E-state index in [4.69, 9.17) is 11.6 Å². The minimum atomic E-state index is -0.687. The molecule has 0 radical (unpaired) electrons. The molecule has 0 saturated carbocycles. The van der Waals surface area contributed by atoms with Gasteiger partial charge in [0.05, 0.1) is 36.0 Å². The van der Waals surface area contributed by atoms with E-state index in [2.05, 4.69) is 9.97 Å². The third-order valence-corrected chi connectivity index (χ3v) is 6.57. The standard InChI is InChI=1S/C28H23ClN4O3/c1-17-6-7-18(2)26-25(17)27(35)28(36)33(26)15-24(34)32(14-19-4-3-5-21(29)12-19)22-10-8-20(9-11-22)23-13-30-16-31-23/h3-13,16H,14-15H2,1-2H3,(H,30,31). The predicted octanol–water partition coefficient (Wildman–Crippen LogP) is 5.11. The summed E-state index contributed by atoms with van der Waals surface area (Å²) in [6.07, 6.45) is 3.33. The number of hydrogen-bond donors (Lipinski definition) is 1. The zero-order valence-corrected chi connectivity index (χ0v) is 20.5. The summed E-state index contributed by atoms with van der Waals surface area (Å²) >= 11 is 6.19. The first-order chi connectivity index (χ1) is 17.3. The molecule has 1 aromatic heterocycles. The number of nitrogens with one attached hydrogen (secondary N) is 1. The van der Waals surface area contributed by atoms with E-state index < -0.39 is 11.7 Å². The van der Waals surface area contributed by atoms with E-state index in [-0.39, 0.29) is 19.0 Å². The van der Waals surface area contributed by atoms with Crippen molar-refractivity contribution in [3.63, 3.8) is 0 Å². The van der Waals surface area contributed by atoms with E-state index in [9.17, 15) is 14.4 Å². The number of fused-ring (bicyclic) bond motifs is 1. The fraction of sp³-hybridized carbons (Fsp3) is 0.143. The van der Waals surface area contributed by atoms with Crippen LogP contribution in [0.15, 0.2) is 73.2 Å². The maximum Gasteiger partial charge on any atom is 0.299 e. The van der Waals surface area contributed by atoms with Gasteiger partial charge >= 0.3 is 0 Å². The summed E-state index contributed by atoms with van der Waals surface area (Å²) in [7, 11) is 0. The van der Waals surface area contributed by atoms with Crippen molar-refractivity contribution in [2.24, 2.45) is 0 Å². The van der Waals surface area contributed by atoms with Crippen molar-refractivity contribution in [3.8, 4) is 11.3 Å². The van der Waals surface area contributed by atoms with Gasteiger partial charge < -0.3 is 9.88 Å². The Bertz CT molecular complexity index is 1480. The number of nitrogens with zero attached hydrogens (tertiary/aromatic N) is 3. The van der Waals surface area contributed by atoms with Crippen LogP contribution in [0.2, 0.25) is 5.02 Å². The Morgan fingerprint density at radius 3 is 2.47 bits per heavy atom. The summed E-state index contributed by atoms with van der Waals surface area (Å²) in [6.45, 7) is 3.62. The highest BCUT2D eigenvalue weighted by Crippen LogP contribution is 2.35. The maximum atomic E-state index is 13.7. The van der Waals surface area contributed by atoms with E-state index in [0.717, 1.165) is 22.4 Å². The number of aromatic amines is 1. The van der Waals surface area contributed by atoms with Gasteiger partial charge in [-0.25, -0.2) is 4.98 Å². The molecule has 0 spiro atoms. The van der Waals surface area contributed by atoms with Gasteiger partial charge in [-0.3, -0.25) is 19.3 Å². The molecule has 1 aliphatic rings. The van der Waals surface area contributed by atoms with Gasteiger partial charge in [-0.05, 0) is 60.4 Å². The molecule has 1 N–H and O–H groups in total. The third kappa shape index (κ3) is 4.29. The highest BCUT2D eigenvalue weighted by molar-refractivity contribution is 6.53. The van der Waals surface area contributed by atoms with Crippen molar-refractivity contribution in [2.75, 3.05) is 16.3 Å². The topological polar surface area (TPSA) is 86.4 Å². The number of imidazole rings is 1. The fourth-order valence-corrected chi connectivity index (χ4v) is 4.72. The van der Waals surface area contributed by atoms with E-state index in [1.807, 2.05) is 55.5 Å². The summed E-state index contributed by atoms with van der Waals surface area (Å²) in [5, 5.41) is 0.565. The number of aromatic nitrogens is 2. The van der Waals surface area contributed by atoms with Crippen molar-refractivity contribution in [2.45, 2.75) is 20.4 Å². The van der Waals surface area contributed by atoms with Crippen molar-refractivity contribution in [3.05, 3.63) is 100 Å². The Balaban J connectivity index is 1.49. The zero-order valence-electron chi connectivity index (χ0n) is 19.8. The van der Waals surface area contributed by atoms with Gasteiger partial charge in [0.1, 0.15) is 6.54 Å². The molecule has 5 rings (SSSR count). The average molecular weight is 499 g/mol. The molecule has 2 heterocycles. The first kappa shape index (κ1) is 23.5. The Morgan fingerprint density at radius 1 is 1.03 bits per heavy atom. The van der Waals surface area contributed by atoms with Crippen LogP contribution < -0.4 is 9.80 Å². The van der Waals surface area contributed by atoms with Crippen molar-refractivity contribution < 1.29 is 14.4 Å². The van der Waals surface area contributed by atoms with Crippen molar-refractivity contribution in [1.82, 2.24) is 9.97 Å². The molecule has 0 unspecified atom stereocenters. The van der Waals surface area contributed by atoms with Gasteiger partial charge in [0.2, 0.25) is 5.91 Å². The van der Waals surface area contributed by atoms with E-state index >= 15 is 0 Å². The van der Waals surface area contributed by atoms with Gasteiger partial charge in [0.15, 0.2) is 0 Å². The average Bonchev–Trinajstić information content (AvgIpc) is 3.49. The number of halogens is 1. The molecule has 2 amide bonds. The number of benzene rings is 3. The first-order valence-electron chi connectivity index (χ1n) is 11.4. The first-order valence-corrected chi connectivity index (χ1v) is 11.8. The number of amides is 2. The van der Waals surface area contributed by atoms with Crippen LogP contribution in [0.5, 0.6) is 0 Å². The highest BCUT2D eigenvalue weighted by atomic mass is 35.5. The predicted molar refractivity (Wildman–Crippen MR) is 139 cm³/mol. The lowest BCUT2D eigenvalue weighted by Crippen LogP contribution is -2.42. The number of H-pyrrole nitrogens is 1. The van der Waals surface area contributed by atoms with E-state index in [1.54, 1.807) is 36.5 Å². The molecule has 1 aliphatic heterocycles. The fourth-order valence-electron chi connectivity index (χ4n) is 4.51. The Hall–Kier alpha value is -4.23. The lowest BCUT2D eigenvalue weighted by Gasteiger charge is -2.26. The van der Waals surface area contributed by atoms with Crippen molar-refractivity contribution in [1.29, 1.82) is 0 Å². The second kappa shape index (κ2) is 9.43. The number of rotatable bonds is 6. The van der Waals surface area contributed by atoms with Gasteiger partial charge in [-0.2, -0.15) is 0 Å². The molecule has 3 aromatic carbocycles. The monoisotopic (exact) mass is 498 g/mol. The zero-order chi connectivity index (χ0) is 25.4. The number of carbonyl (C=O) groups excluding carboxylic acids is 3. The molecule has 4 aromatic rings. The second-order valence-corrected chi connectivity index (χ2v) is 9.20. The summed E-state index contributed by atoms with van der Waals surface area (Å²) in [6, 6.07) is 18.4. The highest BCUT2D eigenvalue weighted by Gasteiger charge is 2.39. The molecular formula is C28H23ClN4O3. The number of anilines is 2. The van der Waals surface area contributed by atoms with Gasteiger partial charge in [0, 0.05) is 10.7 Å². The number of carbonyl (C=O) groups is 3. The van der Waals surface area contributed by atoms with Crippen LogP contribution in [0, 0.1) is 13.8 Å². The normalized spacial score (nSPS) is 12.7. The van der Waals surface area contributed by atoms with Crippen LogP contribution in [0.1, 0.15) is 27.0 Å². The molecular weight excluding hydrogens is 476 g/mol. The smallest absolute Gasteiger partial charge is 0.299 e. The van der Waals surface area contributed by atoms with Crippen LogP contribution in [0.3, 0.4) is 0 Å².